The Bertz CT molecular complexity index is 795. The number of para-hydroxylation sites is 1. The first-order valence-corrected chi connectivity index (χ1v) is 6.96. The fraction of sp³-hybridized carbons (Fsp3) is 0.267. The number of oxazole rings is 1. The number of aliphatic hydroxyl groups is 1. The quantitative estimate of drug-likeness (QED) is 0.774. The zero-order chi connectivity index (χ0) is 16.4. The molecule has 0 bridgehead atoms. The van der Waals surface area contributed by atoms with Crippen LogP contribution in [-0.2, 0) is 14.3 Å². The summed E-state index contributed by atoms with van der Waals surface area (Å²) in [4.78, 5) is 29.8. The topological polar surface area (TPSA) is 105 Å². The highest BCUT2D eigenvalue weighted by atomic mass is 16.5. The van der Waals surface area contributed by atoms with Crippen LogP contribution in [0.5, 0.6) is 0 Å². The van der Waals surface area contributed by atoms with E-state index in [9.17, 15) is 9.59 Å². The minimum Gasteiger partial charge on any atom is -0.466 e. The molecule has 120 valence electrons. The molecule has 0 fully saturated rings. The minimum absolute atomic E-state index is 0.0865. The summed E-state index contributed by atoms with van der Waals surface area (Å²) in [6, 6.07) is 5.23. The van der Waals surface area contributed by atoms with Gasteiger partial charge in [0.2, 0.25) is 0 Å². The molecule has 3 rings (SSSR count). The number of anilines is 1. The van der Waals surface area contributed by atoms with Gasteiger partial charge in [0.05, 0.1) is 31.5 Å². The van der Waals surface area contributed by atoms with Gasteiger partial charge in [-0.25, -0.2) is 9.78 Å². The number of aliphatic hydroxyl groups excluding tert-OH is 1. The number of amides is 1. The number of carbonyl (C=O) groups excluding carboxylic acids is 2. The van der Waals surface area contributed by atoms with Crippen LogP contribution in [0.3, 0.4) is 0 Å². The first-order chi connectivity index (χ1) is 11.2. The number of ether oxygens (including phenoxy) is 1. The average Bonchev–Trinajstić information content (AvgIpc) is 3.15. The van der Waals surface area contributed by atoms with Gasteiger partial charge in [-0.15, -0.1) is 0 Å². The van der Waals surface area contributed by atoms with Gasteiger partial charge in [0.25, 0.3) is 5.91 Å². The van der Waals surface area contributed by atoms with E-state index in [2.05, 4.69) is 10.3 Å². The Morgan fingerprint density at radius 2 is 2.35 bits per heavy atom. The maximum absolute atomic E-state index is 12.4. The summed E-state index contributed by atoms with van der Waals surface area (Å²) in [6.07, 6.45) is 1.31. The second-order valence-corrected chi connectivity index (χ2v) is 4.93. The summed E-state index contributed by atoms with van der Waals surface area (Å²) in [6.45, 7) is 0.0359. The number of rotatable bonds is 5. The van der Waals surface area contributed by atoms with Crippen LogP contribution in [-0.4, -0.2) is 53.7 Å². The third-order valence-electron chi connectivity index (χ3n) is 3.57. The number of carbonyl (C=O) groups is 2. The van der Waals surface area contributed by atoms with Crippen molar-refractivity contribution in [3.8, 4) is 0 Å². The number of methoxy groups -OCH3 is 1. The number of hydrogen-bond donors (Lipinski definition) is 2. The Kier molecular flexibility index (Phi) is 3.98. The molecule has 8 heteroatoms. The molecular weight excluding hydrogens is 302 g/mol. The van der Waals surface area contributed by atoms with E-state index in [1.807, 2.05) is 0 Å². The zero-order valence-electron chi connectivity index (χ0n) is 12.4. The Labute approximate surface area is 131 Å². The molecule has 0 atom stereocenters. The second kappa shape index (κ2) is 6.09. The highest BCUT2D eigenvalue weighted by Gasteiger charge is 2.34. The van der Waals surface area contributed by atoms with Crippen molar-refractivity contribution in [2.24, 2.45) is 0 Å². The number of esters is 1. The van der Waals surface area contributed by atoms with Crippen LogP contribution in [0, 0.1) is 0 Å². The fourth-order valence-corrected chi connectivity index (χ4v) is 2.47. The maximum Gasteiger partial charge on any atom is 0.337 e. The highest BCUT2D eigenvalue weighted by Crippen LogP contribution is 2.27. The molecule has 0 saturated heterocycles. The molecule has 2 heterocycles. The number of hydrogen-bond acceptors (Lipinski definition) is 7. The molecule has 1 aromatic carbocycles. The van der Waals surface area contributed by atoms with Gasteiger partial charge >= 0.3 is 5.97 Å². The van der Waals surface area contributed by atoms with Crippen molar-refractivity contribution in [1.29, 1.82) is 0 Å². The van der Waals surface area contributed by atoms with Gasteiger partial charge in [0.1, 0.15) is 11.2 Å². The van der Waals surface area contributed by atoms with Crippen molar-refractivity contribution >= 4 is 28.7 Å². The molecule has 0 spiro atoms. The maximum atomic E-state index is 12.4. The third-order valence-corrected chi connectivity index (χ3v) is 3.57. The summed E-state index contributed by atoms with van der Waals surface area (Å²) in [5.41, 5.74) is 2.00. The normalized spacial score (nSPS) is 14.7. The van der Waals surface area contributed by atoms with Crippen molar-refractivity contribution in [2.75, 3.05) is 32.1 Å². The number of nitrogens with zero attached hydrogens (tertiary/aromatic N) is 2. The van der Waals surface area contributed by atoms with E-state index >= 15 is 0 Å². The molecule has 0 saturated carbocycles. The summed E-state index contributed by atoms with van der Waals surface area (Å²) >= 11 is 0. The smallest absolute Gasteiger partial charge is 0.337 e. The van der Waals surface area contributed by atoms with Gasteiger partial charge in [-0.05, 0) is 12.1 Å². The van der Waals surface area contributed by atoms with Crippen molar-refractivity contribution in [2.45, 2.75) is 0 Å². The number of aromatic nitrogens is 1. The van der Waals surface area contributed by atoms with Gasteiger partial charge < -0.3 is 24.5 Å². The van der Waals surface area contributed by atoms with E-state index in [1.165, 1.54) is 18.4 Å². The molecule has 23 heavy (non-hydrogen) atoms. The molecule has 1 amide bonds. The molecule has 2 N–H and O–H groups in total. The van der Waals surface area contributed by atoms with Crippen LogP contribution < -0.4 is 5.32 Å². The first kappa shape index (κ1) is 15.0. The predicted octanol–water partition coefficient (Wildman–Crippen LogP) is 0.501. The third kappa shape index (κ3) is 2.64. The van der Waals surface area contributed by atoms with Gasteiger partial charge in [-0.2, -0.15) is 0 Å². The van der Waals surface area contributed by atoms with Crippen molar-refractivity contribution < 1.29 is 23.8 Å². The number of β-amino-alcohol motifs (C(OH)–C–C–N with tert-alkyl or cyclic N) is 1. The van der Waals surface area contributed by atoms with Crippen LogP contribution in [0.25, 0.3) is 11.1 Å². The van der Waals surface area contributed by atoms with Gasteiger partial charge in [0.15, 0.2) is 12.0 Å². The molecule has 0 radical (unpaired) electrons. The van der Waals surface area contributed by atoms with Crippen LogP contribution in [0.1, 0.15) is 0 Å². The van der Waals surface area contributed by atoms with Crippen LogP contribution >= 0.6 is 0 Å². The molecular formula is C15H15N3O5. The molecule has 0 unspecified atom stereocenters. The van der Waals surface area contributed by atoms with Gasteiger partial charge in [0, 0.05) is 6.54 Å². The summed E-state index contributed by atoms with van der Waals surface area (Å²) < 4.78 is 9.95. The lowest BCUT2D eigenvalue weighted by Gasteiger charge is -2.15. The van der Waals surface area contributed by atoms with Crippen molar-refractivity contribution in [3.63, 3.8) is 0 Å². The van der Waals surface area contributed by atoms with Crippen molar-refractivity contribution in [1.82, 2.24) is 9.88 Å². The van der Waals surface area contributed by atoms with Crippen LogP contribution in [0.2, 0.25) is 0 Å². The largest absolute Gasteiger partial charge is 0.466 e. The van der Waals surface area contributed by atoms with Crippen LogP contribution in [0.4, 0.5) is 5.69 Å². The lowest BCUT2D eigenvalue weighted by molar-refractivity contribution is -0.136. The van der Waals surface area contributed by atoms with Crippen LogP contribution in [0.15, 0.2) is 40.3 Å². The fourth-order valence-electron chi connectivity index (χ4n) is 2.47. The molecule has 0 aliphatic carbocycles. The van der Waals surface area contributed by atoms with Gasteiger partial charge in [-0.3, -0.25) is 4.79 Å². The minimum atomic E-state index is -0.589. The Morgan fingerprint density at radius 1 is 1.52 bits per heavy atom. The van der Waals surface area contributed by atoms with E-state index in [1.54, 1.807) is 18.2 Å². The Morgan fingerprint density at radius 3 is 3.09 bits per heavy atom. The molecule has 1 aliphatic heterocycles. The van der Waals surface area contributed by atoms with E-state index in [4.69, 9.17) is 14.3 Å². The Balaban J connectivity index is 1.98. The first-order valence-electron chi connectivity index (χ1n) is 6.96. The summed E-state index contributed by atoms with van der Waals surface area (Å²) in [5, 5.41) is 12.0. The number of nitrogens with one attached hydrogen (secondary N) is 1. The monoisotopic (exact) mass is 317 g/mol. The number of fused-ring (bicyclic) bond motifs is 1. The van der Waals surface area contributed by atoms with E-state index < -0.39 is 5.97 Å². The average molecular weight is 317 g/mol. The lowest BCUT2D eigenvalue weighted by atomic mass is 10.2. The Hall–Kier alpha value is -2.87. The predicted molar refractivity (Wildman–Crippen MR) is 80.3 cm³/mol. The number of benzene rings is 1. The molecule has 1 aromatic heterocycles. The molecule has 8 nitrogen and oxygen atoms in total. The highest BCUT2D eigenvalue weighted by molar-refractivity contribution is 6.09. The van der Waals surface area contributed by atoms with E-state index in [0.29, 0.717) is 16.8 Å². The van der Waals surface area contributed by atoms with Gasteiger partial charge in [-0.1, -0.05) is 6.07 Å². The molecule has 1 aliphatic rings. The van der Waals surface area contributed by atoms with Crippen molar-refractivity contribution in [3.05, 3.63) is 35.9 Å². The summed E-state index contributed by atoms with van der Waals surface area (Å²) in [5.74, 6) is -0.964. The standard InChI is InChI=1S/C15H15N3O5/c1-22-15(21)9-7-18(5-6-19)14(20)12(9)17-10-3-2-4-11-13(10)16-8-23-11/h2-4,8,17,19H,5-7H2,1H3. The zero-order valence-corrected chi connectivity index (χ0v) is 12.4. The summed E-state index contributed by atoms with van der Waals surface area (Å²) in [7, 11) is 1.25. The SMILES string of the molecule is COC(=O)C1=C(Nc2cccc3ocnc23)C(=O)N(CCO)C1. The lowest BCUT2D eigenvalue weighted by Crippen LogP contribution is -2.31. The van der Waals surface area contributed by atoms with E-state index in [-0.39, 0.29) is 36.9 Å². The second-order valence-electron chi connectivity index (χ2n) is 4.93. The molecule has 2 aromatic rings. The van der Waals surface area contributed by atoms with E-state index in [0.717, 1.165) is 0 Å².